The van der Waals surface area contributed by atoms with Crippen molar-refractivity contribution in [1.82, 2.24) is 10.6 Å². The number of carbonyl (C=O) groups excluding carboxylic acids is 2. The fourth-order valence-corrected chi connectivity index (χ4v) is 2.41. The van der Waals surface area contributed by atoms with Gasteiger partial charge in [0.25, 0.3) is 0 Å². The van der Waals surface area contributed by atoms with Crippen molar-refractivity contribution in [3.05, 3.63) is 59.7 Å². The molecule has 0 bridgehead atoms. The lowest BCUT2D eigenvalue weighted by Crippen LogP contribution is -2.36. The van der Waals surface area contributed by atoms with Crippen molar-refractivity contribution in [1.29, 1.82) is 0 Å². The van der Waals surface area contributed by atoms with Gasteiger partial charge in [-0.15, -0.1) is 13.2 Å². The van der Waals surface area contributed by atoms with Gasteiger partial charge in [0, 0.05) is 19.2 Å². The molecule has 0 fully saturated rings. The van der Waals surface area contributed by atoms with Crippen LogP contribution in [-0.2, 0) is 11.3 Å². The Morgan fingerprint density at radius 3 is 2.39 bits per heavy atom. The predicted molar refractivity (Wildman–Crippen MR) is 97.7 cm³/mol. The molecule has 150 valence electrons. The number of carbonyl (C=O) groups is 2. The van der Waals surface area contributed by atoms with E-state index in [1.807, 2.05) is 6.07 Å². The maximum atomic E-state index is 12.1. The first-order valence-electron chi connectivity index (χ1n) is 8.39. The molecule has 0 unspecified atom stereocenters. The third-order valence-corrected chi connectivity index (χ3v) is 3.66. The van der Waals surface area contributed by atoms with Gasteiger partial charge in [-0.25, -0.2) is 4.79 Å². The summed E-state index contributed by atoms with van der Waals surface area (Å²) in [6.45, 7) is 3.33. The smallest absolute Gasteiger partial charge is 0.406 e. The number of halogens is 3. The molecule has 2 aromatic carbocycles. The molecule has 0 saturated heterocycles. The molecular formula is C19H20F3N3O3. The van der Waals surface area contributed by atoms with Gasteiger partial charge in [-0.05, 0) is 42.3 Å². The van der Waals surface area contributed by atoms with Crippen LogP contribution in [0.5, 0.6) is 5.75 Å². The van der Waals surface area contributed by atoms with Crippen LogP contribution in [0, 0.1) is 0 Å². The lowest BCUT2D eigenvalue weighted by atomic mass is 10.1. The normalized spacial score (nSPS) is 12.0. The van der Waals surface area contributed by atoms with Gasteiger partial charge in [-0.2, -0.15) is 0 Å². The van der Waals surface area contributed by atoms with E-state index < -0.39 is 12.4 Å². The minimum Gasteiger partial charge on any atom is -0.406 e. The maximum Gasteiger partial charge on any atom is 0.573 e. The van der Waals surface area contributed by atoms with Gasteiger partial charge in [0.15, 0.2) is 0 Å². The summed E-state index contributed by atoms with van der Waals surface area (Å²) in [7, 11) is 0. The van der Waals surface area contributed by atoms with Crippen molar-refractivity contribution in [3.8, 4) is 5.75 Å². The predicted octanol–water partition coefficient (Wildman–Crippen LogP) is 4.10. The molecule has 9 heteroatoms. The van der Waals surface area contributed by atoms with Crippen LogP contribution < -0.4 is 20.7 Å². The van der Waals surface area contributed by atoms with Gasteiger partial charge < -0.3 is 20.7 Å². The number of ether oxygens (including phenoxy) is 1. The van der Waals surface area contributed by atoms with E-state index in [0.717, 1.165) is 5.56 Å². The molecule has 0 heterocycles. The lowest BCUT2D eigenvalue weighted by Gasteiger charge is -2.16. The Bertz CT molecular complexity index is 823. The van der Waals surface area contributed by atoms with Crippen LogP contribution in [0.25, 0.3) is 0 Å². The first kappa shape index (κ1) is 21.1. The van der Waals surface area contributed by atoms with Gasteiger partial charge >= 0.3 is 12.4 Å². The Balaban J connectivity index is 1.86. The molecule has 0 aliphatic rings. The van der Waals surface area contributed by atoms with Gasteiger partial charge in [0.1, 0.15) is 5.75 Å². The van der Waals surface area contributed by atoms with E-state index in [1.54, 1.807) is 25.1 Å². The van der Waals surface area contributed by atoms with Gasteiger partial charge in [0.2, 0.25) is 5.91 Å². The number of hydrogen-bond acceptors (Lipinski definition) is 3. The molecule has 2 aromatic rings. The van der Waals surface area contributed by atoms with E-state index in [0.29, 0.717) is 11.3 Å². The quantitative estimate of drug-likeness (QED) is 0.689. The molecule has 3 amide bonds. The Labute approximate surface area is 160 Å². The maximum absolute atomic E-state index is 12.1. The fourth-order valence-electron chi connectivity index (χ4n) is 2.41. The van der Waals surface area contributed by atoms with Crippen LogP contribution in [0.3, 0.4) is 0 Å². The average Bonchev–Trinajstić information content (AvgIpc) is 2.59. The van der Waals surface area contributed by atoms with Gasteiger partial charge in [-0.3, -0.25) is 4.79 Å². The zero-order valence-electron chi connectivity index (χ0n) is 15.3. The average molecular weight is 395 g/mol. The van der Waals surface area contributed by atoms with Crippen LogP contribution in [0.15, 0.2) is 48.5 Å². The van der Waals surface area contributed by atoms with Gasteiger partial charge in [0.05, 0.1) is 6.04 Å². The molecule has 0 spiro atoms. The topological polar surface area (TPSA) is 79.5 Å². The molecule has 0 radical (unpaired) electrons. The summed E-state index contributed by atoms with van der Waals surface area (Å²) in [4.78, 5) is 23.2. The highest BCUT2D eigenvalue weighted by Gasteiger charge is 2.30. The van der Waals surface area contributed by atoms with E-state index in [-0.39, 0.29) is 24.2 Å². The molecule has 28 heavy (non-hydrogen) atoms. The molecule has 3 N–H and O–H groups in total. The zero-order chi connectivity index (χ0) is 20.7. The fraction of sp³-hybridized carbons (Fsp3) is 0.263. The van der Waals surface area contributed by atoms with E-state index in [9.17, 15) is 22.8 Å². The Morgan fingerprint density at radius 1 is 1.11 bits per heavy atom. The zero-order valence-corrected chi connectivity index (χ0v) is 15.3. The summed E-state index contributed by atoms with van der Waals surface area (Å²) in [6, 6.07) is 11.5. The number of urea groups is 1. The number of anilines is 1. The monoisotopic (exact) mass is 395 g/mol. The Morgan fingerprint density at radius 2 is 1.79 bits per heavy atom. The van der Waals surface area contributed by atoms with E-state index in [4.69, 9.17) is 0 Å². The van der Waals surface area contributed by atoms with Crippen LogP contribution in [0.2, 0.25) is 0 Å². The number of rotatable bonds is 6. The summed E-state index contributed by atoms with van der Waals surface area (Å²) < 4.78 is 40.2. The summed E-state index contributed by atoms with van der Waals surface area (Å²) >= 11 is 0. The number of benzene rings is 2. The number of hydrogen-bond donors (Lipinski definition) is 3. The third-order valence-electron chi connectivity index (χ3n) is 3.66. The SMILES string of the molecule is CC(=O)Nc1cccc([C@H](C)NC(=O)NCc2ccc(OC(F)(F)F)cc2)c1. The van der Waals surface area contributed by atoms with Crippen molar-refractivity contribution in [2.75, 3.05) is 5.32 Å². The largest absolute Gasteiger partial charge is 0.573 e. The van der Waals surface area contributed by atoms with Crippen molar-refractivity contribution < 1.29 is 27.5 Å². The second kappa shape index (κ2) is 9.12. The standard InChI is InChI=1S/C19H20F3N3O3/c1-12(15-4-3-5-16(10-15)25-13(2)26)24-18(27)23-11-14-6-8-17(9-7-14)28-19(20,21)22/h3-10,12H,11H2,1-2H3,(H,25,26)(H2,23,24,27)/t12-/m0/s1. The van der Waals surface area contributed by atoms with E-state index in [2.05, 4.69) is 20.7 Å². The number of amides is 3. The minimum atomic E-state index is -4.74. The molecule has 2 rings (SSSR count). The second-order valence-corrected chi connectivity index (χ2v) is 6.05. The Hall–Kier alpha value is -3.23. The van der Waals surface area contributed by atoms with Crippen LogP contribution in [0.1, 0.15) is 31.0 Å². The van der Waals surface area contributed by atoms with E-state index >= 15 is 0 Å². The van der Waals surface area contributed by atoms with E-state index in [1.165, 1.54) is 31.2 Å². The number of alkyl halides is 3. The highest BCUT2D eigenvalue weighted by Crippen LogP contribution is 2.22. The molecule has 0 aliphatic carbocycles. The van der Waals surface area contributed by atoms with Crippen LogP contribution >= 0.6 is 0 Å². The summed E-state index contributed by atoms with van der Waals surface area (Å²) in [5, 5.41) is 8.06. The second-order valence-electron chi connectivity index (χ2n) is 6.05. The van der Waals surface area contributed by atoms with Crippen molar-refractivity contribution >= 4 is 17.6 Å². The highest BCUT2D eigenvalue weighted by molar-refractivity contribution is 5.88. The van der Waals surface area contributed by atoms with Crippen LogP contribution in [0.4, 0.5) is 23.7 Å². The molecular weight excluding hydrogens is 375 g/mol. The summed E-state index contributed by atoms with van der Waals surface area (Å²) in [5.41, 5.74) is 2.04. The van der Waals surface area contributed by atoms with Crippen molar-refractivity contribution in [2.45, 2.75) is 32.8 Å². The minimum absolute atomic E-state index is 0.136. The molecule has 6 nitrogen and oxygen atoms in total. The molecule has 0 saturated carbocycles. The molecule has 1 atom stereocenters. The highest BCUT2D eigenvalue weighted by atomic mass is 19.4. The van der Waals surface area contributed by atoms with Crippen molar-refractivity contribution in [3.63, 3.8) is 0 Å². The lowest BCUT2D eigenvalue weighted by molar-refractivity contribution is -0.274. The van der Waals surface area contributed by atoms with Crippen LogP contribution in [-0.4, -0.2) is 18.3 Å². The summed E-state index contributed by atoms with van der Waals surface area (Å²) in [5.74, 6) is -0.518. The molecule has 0 aliphatic heterocycles. The number of nitrogens with one attached hydrogen (secondary N) is 3. The Kier molecular flexibility index (Phi) is 6.86. The van der Waals surface area contributed by atoms with Gasteiger partial charge in [-0.1, -0.05) is 24.3 Å². The first-order chi connectivity index (χ1) is 13.1. The van der Waals surface area contributed by atoms with Crippen molar-refractivity contribution in [2.24, 2.45) is 0 Å². The summed E-state index contributed by atoms with van der Waals surface area (Å²) in [6.07, 6.45) is -4.74. The third kappa shape index (κ3) is 7.18. The first-order valence-corrected chi connectivity index (χ1v) is 8.39. The molecule has 0 aromatic heterocycles.